The zero-order valence-electron chi connectivity index (χ0n) is 10.3. The van der Waals surface area contributed by atoms with Crippen LogP contribution in [0.4, 0.5) is 0 Å². The topological polar surface area (TPSA) is 68.0 Å². The second-order valence-electron chi connectivity index (χ2n) is 4.97. The van der Waals surface area contributed by atoms with Crippen molar-refractivity contribution in [3.63, 3.8) is 0 Å². The SMILES string of the molecule is NC1(CNC(=O)c2ccc(Cl)cn2)CCCCC1. The summed E-state index contributed by atoms with van der Waals surface area (Å²) in [6.07, 6.45) is 6.95. The number of nitrogens with one attached hydrogen (secondary N) is 1. The van der Waals surface area contributed by atoms with Crippen LogP contribution in [0, 0.1) is 0 Å². The van der Waals surface area contributed by atoms with Crippen LogP contribution < -0.4 is 11.1 Å². The van der Waals surface area contributed by atoms with Gasteiger partial charge in [-0.2, -0.15) is 0 Å². The lowest BCUT2D eigenvalue weighted by Gasteiger charge is -2.33. The van der Waals surface area contributed by atoms with Crippen molar-refractivity contribution in [3.8, 4) is 0 Å². The highest BCUT2D eigenvalue weighted by molar-refractivity contribution is 6.30. The molecule has 5 heteroatoms. The Balaban J connectivity index is 1.89. The lowest BCUT2D eigenvalue weighted by atomic mass is 9.82. The molecule has 1 amide bonds. The summed E-state index contributed by atoms with van der Waals surface area (Å²) in [6, 6.07) is 3.27. The second kappa shape index (κ2) is 5.67. The van der Waals surface area contributed by atoms with Crippen LogP contribution in [0.5, 0.6) is 0 Å². The Morgan fingerprint density at radius 2 is 2.11 bits per heavy atom. The molecule has 1 aromatic heterocycles. The summed E-state index contributed by atoms with van der Waals surface area (Å²) in [5, 5.41) is 3.38. The Kier molecular flexibility index (Phi) is 4.19. The molecule has 4 nitrogen and oxygen atoms in total. The van der Waals surface area contributed by atoms with Crippen LogP contribution in [0.25, 0.3) is 0 Å². The van der Waals surface area contributed by atoms with Gasteiger partial charge in [-0.3, -0.25) is 4.79 Å². The first-order chi connectivity index (χ1) is 8.59. The van der Waals surface area contributed by atoms with Crippen molar-refractivity contribution in [2.75, 3.05) is 6.54 Å². The molecule has 2 rings (SSSR count). The van der Waals surface area contributed by atoms with Crippen molar-refractivity contribution in [2.24, 2.45) is 5.73 Å². The molecule has 0 atom stereocenters. The van der Waals surface area contributed by atoms with Gasteiger partial charge in [0.15, 0.2) is 0 Å². The molecule has 3 N–H and O–H groups in total. The molecule has 1 heterocycles. The van der Waals surface area contributed by atoms with E-state index in [2.05, 4.69) is 10.3 Å². The summed E-state index contributed by atoms with van der Waals surface area (Å²) in [7, 11) is 0. The first kappa shape index (κ1) is 13.3. The van der Waals surface area contributed by atoms with E-state index in [-0.39, 0.29) is 11.4 Å². The largest absolute Gasteiger partial charge is 0.349 e. The van der Waals surface area contributed by atoms with Crippen LogP contribution in [0.1, 0.15) is 42.6 Å². The molecule has 18 heavy (non-hydrogen) atoms. The predicted molar refractivity (Wildman–Crippen MR) is 71.6 cm³/mol. The Labute approximate surface area is 112 Å². The summed E-state index contributed by atoms with van der Waals surface area (Å²) >= 11 is 5.72. The fraction of sp³-hybridized carbons (Fsp3) is 0.538. The van der Waals surface area contributed by atoms with E-state index in [1.165, 1.54) is 12.6 Å². The number of rotatable bonds is 3. The minimum atomic E-state index is -0.250. The number of carbonyl (C=O) groups is 1. The minimum absolute atomic E-state index is 0.193. The maximum Gasteiger partial charge on any atom is 0.269 e. The highest BCUT2D eigenvalue weighted by Gasteiger charge is 2.27. The maximum atomic E-state index is 11.9. The molecular formula is C13H18ClN3O. The second-order valence-corrected chi connectivity index (χ2v) is 5.40. The molecule has 0 aliphatic heterocycles. The van der Waals surface area contributed by atoms with Gasteiger partial charge in [-0.1, -0.05) is 30.9 Å². The molecule has 0 radical (unpaired) electrons. The van der Waals surface area contributed by atoms with Crippen molar-refractivity contribution in [1.29, 1.82) is 0 Å². The molecule has 1 aromatic rings. The zero-order valence-corrected chi connectivity index (χ0v) is 11.0. The molecule has 98 valence electrons. The van der Waals surface area contributed by atoms with Crippen LogP contribution in [0.15, 0.2) is 18.3 Å². The molecule has 1 fully saturated rings. The third-order valence-corrected chi connectivity index (χ3v) is 3.63. The first-order valence-corrected chi connectivity index (χ1v) is 6.66. The van der Waals surface area contributed by atoms with Crippen LogP contribution in [0.2, 0.25) is 5.02 Å². The highest BCUT2D eigenvalue weighted by Crippen LogP contribution is 2.25. The van der Waals surface area contributed by atoms with Gasteiger partial charge in [0.25, 0.3) is 5.91 Å². The standard InChI is InChI=1S/C13H18ClN3O/c14-10-4-5-11(16-8-10)12(18)17-9-13(15)6-2-1-3-7-13/h4-5,8H,1-3,6-7,9,15H2,(H,17,18). The third-order valence-electron chi connectivity index (χ3n) is 3.41. The number of aromatic nitrogens is 1. The van der Waals surface area contributed by atoms with Gasteiger partial charge >= 0.3 is 0 Å². The van der Waals surface area contributed by atoms with Crippen LogP contribution in [-0.2, 0) is 0 Å². The third kappa shape index (κ3) is 3.43. The van der Waals surface area contributed by atoms with Crippen LogP contribution in [0.3, 0.4) is 0 Å². The van der Waals surface area contributed by atoms with E-state index in [0.717, 1.165) is 25.7 Å². The van der Waals surface area contributed by atoms with Crippen molar-refractivity contribution < 1.29 is 4.79 Å². The fourth-order valence-electron chi connectivity index (χ4n) is 2.29. The van der Waals surface area contributed by atoms with Crippen molar-refractivity contribution >= 4 is 17.5 Å². The minimum Gasteiger partial charge on any atom is -0.349 e. The number of pyridine rings is 1. The van der Waals surface area contributed by atoms with Gasteiger partial charge in [-0.05, 0) is 25.0 Å². The summed E-state index contributed by atoms with van der Waals surface area (Å²) in [4.78, 5) is 15.8. The van der Waals surface area contributed by atoms with E-state index in [1.807, 2.05) is 0 Å². The lowest BCUT2D eigenvalue weighted by Crippen LogP contribution is -2.51. The molecular weight excluding hydrogens is 250 g/mol. The van der Waals surface area contributed by atoms with E-state index >= 15 is 0 Å². The number of nitrogens with two attached hydrogens (primary N) is 1. The molecule has 0 spiro atoms. The molecule has 0 bridgehead atoms. The van der Waals surface area contributed by atoms with Gasteiger partial charge in [0, 0.05) is 18.3 Å². The van der Waals surface area contributed by atoms with Gasteiger partial charge in [0.1, 0.15) is 5.69 Å². The number of carbonyl (C=O) groups excluding carboxylic acids is 1. The van der Waals surface area contributed by atoms with Crippen LogP contribution in [-0.4, -0.2) is 23.0 Å². The van der Waals surface area contributed by atoms with E-state index in [0.29, 0.717) is 17.3 Å². The quantitative estimate of drug-likeness (QED) is 0.882. The smallest absolute Gasteiger partial charge is 0.269 e. The van der Waals surface area contributed by atoms with Crippen molar-refractivity contribution in [1.82, 2.24) is 10.3 Å². The van der Waals surface area contributed by atoms with Gasteiger partial charge in [0.2, 0.25) is 0 Å². The van der Waals surface area contributed by atoms with E-state index in [1.54, 1.807) is 12.1 Å². The summed E-state index contributed by atoms with van der Waals surface area (Å²) < 4.78 is 0. The number of nitrogens with zero attached hydrogens (tertiary/aromatic N) is 1. The summed E-state index contributed by atoms with van der Waals surface area (Å²) in [5.41, 5.74) is 6.38. The molecule has 1 aliphatic rings. The Bertz CT molecular complexity index is 413. The Hall–Kier alpha value is -1.13. The van der Waals surface area contributed by atoms with Gasteiger partial charge < -0.3 is 11.1 Å². The molecule has 0 unspecified atom stereocenters. The number of hydrogen-bond donors (Lipinski definition) is 2. The number of amides is 1. The molecule has 0 saturated heterocycles. The molecule has 1 saturated carbocycles. The van der Waals surface area contributed by atoms with Gasteiger partial charge in [-0.25, -0.2) is 4.98 Å². The fourth-order valence-corrected chi connectivity index (χ4v) is 2.40. The van der Waals surface area contributed by atoms with Gasteiger partial charge in [-0.15, -0.1) is 0 Å². The van der Waals surface area contributed by atoms with E-state index in [9.17, 15) is 4.79 Å². The average Bonchev–Trinajstić information content (AvgIpc) is 2.38. The number of halogens is 1. The van der Waals surface area contributed by atoms with Crippen molar-refractivity contribution in [3.05, 3.63) is 29.0 Å². The summed E-state index contributed by atoms with van der Waals surface area (Å²) in [5.74, 6) is -0.193. The van der Waals surface area contributed by atoms with Crippen molar-refractivity contribution in [2.45, 2.75) is 37.6 Å². The number of hydrogen-bond acceptors (Lipinski definition) is 3. The van der Waals surface area contributed by atoms with E-state index < -0.39 is 0 Å². The zero-order chi connectivity index (χ0) is 13.0. The highest BCUT2D eigenvalue weighted by atomic mass is 35.5. The van der Waals surface area contributed by atoms with Crippen LogP contribution >= 0.6 is 11.6 Å². The van der Waals surface area contributed by atoms with Gasteiger partial charge in [0.05, 0.1) is 5.02 Å². The first-order valence-electron chi connectivity index (χ1n) is 6.28. The monoisotopic (exact) mass is 267 g/mol. The predicted octanol–water partition coefficient (Wildman–Crippen LogP) is 2.13. The normalized spacial score (nSPS) is 18.3. The maximum absolute atomic E-state index is 11.9. The van der Waals surface area contributed by atoms with E-state index in [4.69, 9.17) is 17.3 Å². The summed E-state index contributed by atoms with van der Waals surface area (Å²) in [6.45, 7) is 0.510. The lowest BCUT2D eigenvalue weighted by molar-refractivity contribution is 0.0932. The Morgan fingerprint density at radius 1 is 1.39 bits per heavy atom. The molecule has 1 aliphatic carbocycles. The Morgan fingerprint density at radius 3 is 2.72 bits per heavy atom. The average molecular weight is 268 g/mol. The molecule has 0 aromatic carbocycles.